The van der Waals surface area contributed by atoms with Gasteiger partial charge >= 0.3 is 5.97 Å². The van der Waals surface area contributed by atoms with Crippen molar-refractivity contribution in [2.45, 2.75) is 47.1 Å². The second-order valence-electron chi connectivity index (χ2n) is 7.18. The molecular formula is C22H25NO3S. The molecule has 0 bridgehead atoms. The van der Waals surface area contributed by atoms with Crippen molar-refractivity contribution >= 4 is 28.9 Å². The van der Waals surface area contributed by atoms with Gasteiger partial charge in [0.05, 0.1) is 0 Å². The van der Waals surface area contributed by atoms with Gasteiger partial charge in [-0.05, 0) is 56.0 Å². The number of rotatable bonds is 3. The van der Waals surface area contributed by atoms with E-state index < -0.39 is 0 Å². The van der Waals surface area contributed by atoms with Crippen molar-refractivity contribution in [3.05, 3.63) is 52.6 Å². The minimum Gasteiger partial charge on any atom is -0.482 e. The van der Waals surface area contributed by atoms with Gasteiger partial charge in [0.1, 0.15) is 16.5 Å². The quantitative estimate of drug-likeness (QED) is 0.463. The molecule has 27 heavy (non-hydrogen) atoms. The maximum Gasteiger partial charge on any atom is 0.308 e. The van der Waals surface area contributed by atoms with Gasteiger partial charge < -0.3 is 14.8 Å². The summed E-state index contributed by atoms with van der Waals surface area (Å²) >= 11 is 5.65. The van der Waals surface area contributed by atoms with Crippen LogP contribution in [0.1, 0.15) is 36.1 Å². The summed E-state index contributed by atoms with van der Waals surface area (Å²) in [5.41, 5.74) is 4.94. The van der Waals surface area contributed by atoms with E-state index in [1.165, 1.54) is 6.92 Å². The molecule has 0 aliphatic carbocycles. The van der Waals surface area contributed by atoms with E-state index in [0.717, 1.165) is 40.1 Å². The van der Waals surface area contributed by atoms with Crippen LogP contribution >= 0.6 is 12.2 Å². The maximum atomic E-state index is 11.5. The number of fused-ring (bicyclic) bond motifs is 1. The lowest BCUT2D eigenvalue weighted by atomic mass is 9.86. The molecule has 0 amide bonds. The summed E-state index contributed by atoms with van der Waals surface area (Å²) in [6.07, 6.45) is 0.613. The van der Waals surface area contributed by atoms with Crippen LogP contribution in [0.2, 0.25) is 0 Å². The van der Waals surface area contributed by atoms with Crippen molar-refractivity contribution < 1.29 is 14.3 Å². The van der Waals surface area contributed by atoms with Gasteiger partial charge in [-0.3, -0.25) is 4.79 Å². The molecule has 5 heteroatoms. The fourth-order valence-corrected chi connectivity index (χ4v) is 3.97. The molecule has 0 saturated heterocycles. The molecule has 0 spiro atoms. The summed E-state index contributed by atoms with van der Waals surface area (Å²) in [5, 5.41) is 3.30. The Kier molecular flexibility index (Phi) is 5.51. The van der Waals surface area contributed by atoms with E-state index in [-0.39, 0.29) is 18.0 Å². The van der Waals surface area contributed by atoms with Crippen molar-refractivity contribution in [3.8, 4) is 11.5 Å². The molecule has 0 aromatic heterocycles. The standard InChI is InChI=1S/C22H25NO3S/c1-12-11-18-15(4)20(25-16(5)24)13(2)14(3)21(18)26-19(12)22(27)23-17-9-7-6-8-10-17/h6-10,12,19H,11H2,1-5H3,(H,23,27). The molecule has 1 aliphatic rings. The Morgan fingerprint density at radius 2 is 1.81 bits per heavy atom. The van der Waals surface area contributed by atoms with Gasteiger partial charge in [-0.15, -0.1) is 0 Å². The molecule has 1 heterocycles. The SMILES string of the molecule is CC(=O)Oc1c(C)c(C)c2c(c1C)CC(C)C(C(=S)Nc1ccccc1)O2. The molecule has 3 rings (SSSR count). The second-order valence-corrected chi connectivity index (χ2v) is 7.62. The van der Waals surface area contributed by atoms with Crippen molar-refractivity contribution in [2.24, 2.45) is 5.92 Å². The lowest BCUT2D eigenvalue weighted by Crippen LogP contribution is -2.41. The highest BCUT2D eigenvalue weighted by Crippen LogP contribution is 2.43. The Hall–Kier alpha value is -2.40. The van der Waals surface area contributed by atoms with E-state index in [0.29, 0.717) is 10.7 Å². The van der Waals surface area contributed by atoms with Gasteiger partial charge in [0.25, 0.3) is 0 Å². The molecular weight excluding hydrogens is 358 g/mol. The van der Waals surface area contributed by atoms with Crippen LogP contribution < -0.4 is 14.8 Å². The van der Waals surface area contributed by atoms with Crippen LogP contribution in [-0.2, 0) is 11.2 Å². The molecule has 0 saturated carbocycles. The van der Waals surface area contributed by atoms with Gasteiger partial charge in [0, 0.05) is 24.1 Å². The highest BCUT2D eigenvalue weighted by atomic mass is 32.1. The molecule has 142 valence electrons. The third-order valence-corrected chi connectivity index (χ3v) is 5.48. The largest absolute Gasteiger partial charge is 0.482 e. The lowest BCUT2D eigenvalue weighted by Gasteiger charge is -2.35. The van der Waals surface area contributed by atoms with Crippen LogP contribution in [0.3, 0.4) is 0 Å². The Labute approximate surface area is 165 Å². The van der Waals surface area contributed by atoms with Crippen LogP contribution in [0.15, 0.2) is 30.3 Å². The van der Waals surface area contributed by atoms with E-state index in [4.69, 9.17) is 21.7 Å². The van der Waals surface area contributed by atoms with Crippen molar-refractivity contribution in [2.75, 3.05) is 5.32 Å². The minimum atomic E-state index is -0.309. The van der Waals surface area contributed by atoms with Crippen LogP contribution in [0.4, 0.5) is 5.69 Å². The predicted molar refractivity (Wildman–Crippen MR) is 112 cm³/mol. The Bertz CT molecular complexity index is 892. The summed E-state index contributed by atoms with van der Waals surface area (Å²) < 4.78 is 11.9. The van der Waals surface area contributed by atoms with E-state index in [1.807, 2.05) is 51.1 Å². The van der Waals surface area contributed by atoms with Gasteiger partial charge in [0.15, 0.2) is 6.10 Å². The first-order valence-corrected chi connectivity index (χ1v) is 9.54. The predicted octanol–water partition coefficient (Wildman–Crippen LogP) is 4.92. The molecule has 2 unspecified atom stereocenters. The van der Waals surface area contributed by atoms with Crippen LogP contribution in [0.5, 0.6) is 11.5 Å². The molecule has 2 aromatic rings. The van der Waals surface area contributed by atoms with Gasteiger partial charge in [-0.2, -0.15) is 0 Å². The number of hydrogen-bond acceptors (Lipinski definition) is 4. The zero-order chi connectivity index (χ0) is 19.7. The highest BCUT2D eigenvalue weighted by Gasteiger charge is 2.34. The number of para-hydroxylation sites is 1. The van der Waals surface area contributed by atoms with Gasteiger partial charge in [0.2, 0.25) is 0 Å². The minimum absolute atomic E-state index is 0.201. The highest BCUT2D eigenvalue weighted by molar-refractivity contribution is 7.80. The van der Waals surface area contributed by atoms with E-state index in [1.54, 1.807) is 0 Å². The number of thiocarbonyl (C=S) groups is 1. The third-order valence-electron chi connectivity index (χ3n) is 5.14. The number of esters is 1. The van der Waals surface area contributed by atoms with Crippen LogP contribution in [-0.4, -0.2) is 17.1 Å². The number of hydrogen-bond donors (Lipinski definition) is 1. The fraction of sp³-hybridized carbons (Fsp3) is 0.364. The molecule has 4 nitrogen and oxygen atoms in total. The number of carbonyl (C=O) groups excluding carboxylic acids is 1. The van der Waals surface area contributed by atoms with E-state index in [2.05, 4.69) is 12.2 Å². The van der Waals surface area contributed by atoms with Gasteiger partial charge in [-0.1, -0.05) is 37.3 Å². The second kappa shape index (κ2) is 7.69. The fourth-order valence-electron chi connectivity index (χ4n) is 3.58. The Balaban J connectivity index is 1.93. The lowest BCUT2D eigenvalue weighted by molar-refractivity contribution is -0.131. The number of benzene rings is 2. The zero-order valence-corrected chi connectivity index (χ0v) is 17.2. The van der Waals surface area contributed by atoms with E-state index >= 15 is 0 Å². The summed E-state index contributed by atoms with van der Waals surface area (Å²) in [5.74, 6) is 1.41. The van der Waals surface area contributed by atoms with Crippen molar-refractivity contribution in [3.63, 3.8) is 0 Å². The number of anilines is 1. The molecule has 1 N–H and O–H groups in total. The van der Waals surface area contributed by atoms with Crippen LogP contribution in [0.25, 0.3) is 0 Å². The monoisotopic (exact) mass is 383 g/mol. The summed E-state index contributed by atoms with van der Waals surface area (Å²) in [7, 11) is 0. The van der Waals surface area contributed by atoms with E-state index in [9.17, 15) is 4.79 Å². The molecule has 0 fully saturated rings. The first-order chi connectivity index (χ1) is 12.8. The average Bonchev–Trinajstić information content (AvgIpc) is 2.63. The zero-order valence-electron chi connectivity index (χ0n) is 16.4. The maximum absolute atomic E-state index is 11.5. The Morgan fingerprint density at radius 1 is 1.15 bits per heavy atom. The van der Waals surface area contributed by atoms with Crippen molar-refractivity contribution in [1.82, 2.24) is 0 Å². The Morgan fingerprint density at radius 3 is 2.44 bits per heavy atom. The molecule has 1 aliphatic heterocycles. The summed E-state index contributed by atoms with van der Waals surface area (Å²) in [6, 6.07) is 9.88. The molecule has 0 radical (unpaired) electrons. The first kappa shape index (κ1) is 19.4. The smallest absolute Gasteiger partial charge is 0.308 e. The van der Waals surface area contributed by atoms with Gasteiger partial charge in [-0.25, -0.2) is 0 Å². The molecule has 2 aromatic carbocycles. The summed E-state index contributed by atoms with van der Waals surface area (Å²) in [4.78, 5) is 12.2. The molecule has 2 atom stereocenters. The third kappa shape index (κ3) is 3.83. The normalized spacial score (nSPS) is 18.3. The van der Waals surface area contributed by atoms with Crippen molar-refractivity contribution in [1.29, 1.82) is 0 Å². The average molecular weight is 384 g/mol. The topological polar surface area (TPSA) is 47.6 Å². The summed E-state index contributed by atoms with van der Waals surface area (Å²) in [6.45, 7) is 9.50. The number of ether oxygens (including phenoxy) is 2. The number of carbonyl (C=O) groups is 1. The van der Waals surface area contributed by atoms with Crippen LogP contribution in [0, 0.1) is 26.7 Å². The first-order valence-electron chi connectivity index (χ1n) is 9.13. The number of nitrogens with one attached hydrogen (secondary N) is 1.